The van der Waals surface area contributed by atoms with E-state index in [-0.39, 0.29) is 0 Å². The molecule has 0 fully saturated rings. The summed E-state index contributed by atoms with van der Waals surface area (Å²) in [4.78, 5) is 11.3. The van der Waals surface area contributed by atoms with E-state index in [4.69, 9.17) is 9.97 Å². The molecule has 7 rings (SSSR count). The molecule has 0 saturated carbocycles. The molecule has 3 aromatic heterocycles. The maximum atomic E-state index is 5.00. The summed E-state index contributed by atoms with van der Waals surface area (Å²) in [6.45, 7) is 4.55. The molecule has 3 aromatic carbocycles. The van der Waals surface area contributed by atoms with Gasteiger partial charge in [-0.15, -0.1) is 11.3 Å². The first-order chi connectivity index (χ1) is 18.2. The van der Waals surface area contributed by atoms with E-state index in [9.17, 15) is 0 Å². The van der Waals surface area contributed by atoms with Crippen LogP contribution >= 0.6 is 11.3 Å². The summed E-state index contributed by atoms with van der Waals surface area (Å²) in [6, 6.07) is 28.6. The van der Waals surface area contributed by atoms with Crippen molar-refractivity contribution in [2.24, 2.45) is 5.92 Å². The highest BCUT2D eigenvalue weighted by atomic mass is 32.1. The average Bonchev–Trinajstić information content (AvgIpc) is 3.32. The lowest BCUT2D eigenvalue weighted by atomic mass is 9.89. The van der Waals surface area contributed by atoms with Gasteiger partial charge in [-0.2, -0.15) is 0 Å². The molecule has 180 valence electrons. The third-order valence-corrected chi connectivity index (χ3v) is 8.68. The second-order valence-electron chi connectivity index (χ2n) is 10.5. The van der Waals surface area contributed by atoms with Crippen LogP contribution in [0, 0.1) is 5.92 Å². The zero-order valence-electron chi connectivity index (χ0n) is 21.2. The highest BCUT2D eigenvalue weighted by Crippen LogP contribution is 2.47. The smallest absolute Gasteiger partial charge is 0.0792 e. The number of fused-ring (bicyclic) bond motifs is 6. The average molecular weight is 497 g/mol. The fourth-order valence-corrected chi connectivity index (χ4v) is 7.13. The monoisotopic (exact) mass is 496 g/mol. The molecule has 0 saturated heterocycles. The molecule has 1 aliphatic rings. The Balaban J connectivity index is 1.45. The largest absolute Gasteiger partial charge is 0.260 e. The standard InChI is InChI=1S/C34H28N2S/c1-21(2)16-22-17-29-30(36-20-22)13-12-27-32-31(37-34(27)29)14-15-35-33(32)25-18-24-10-6-7-11-26(24)28(19-25)23-8-4-3-5-9-23/h3-11,14-15,17-21H,12-13,16H2,1-2H3. The van der Waals surface area contributed by atoms with Gasteiger partial charge in [-0.25, -0.2) is 0 Å². The summed E-state index contributed by atoms with van der Waals surface area (Å²) in [5, 5.41) is 3.83. The van der Waals surface area contributed by atoms with Gasteiger partial charge in [-0.1, -0.05) is 68.4 Å². The highest BCUT2D eigenvalue weighted by Gasteiger charge is 2.25. The number of benzene rings is 3. The quantitative estimate of drug-likeness (QED) is 0.243. The second kappa shape index (κ2) is 8.93. The maximum absolute atomic E-state index is 5.00. The summed E-state index contributed by atoms with van der Waals surface area (Å²) in [5.41, 5.74) is 10.1. The molecular formula is C34H28N2S. The zero-order chi connectivity index (χ0) is 24.9. The van der Waals surface area contributed by atoms with Crippen LogP contribution in [0.3, 0.4) is 0 Å². The Morgan fingerprint density at radius 2 is 1.65 bits per heavy atom. The number of hydrogen-bond acceptors (Lipinski definition) is 3. The predicted molar refractivity (Wildman–Crippen MR) is 157 cm³/mol. The van der Waals surface area contributed by atoms with Crippen LogP contribution < -0.4 is 0 Å². The molecule has 0 amide bonds. The van der Waals surface area contributed by atoms with Crippen molar-refractivity contribution in [3.05, 3.63) is 108 Å². The number of pyridine rings is 2. The van der Waals surface area contributed by atoms with E-state index in [1.54, 1.807) is 0 Å². The Hall–Kier alpha value is -3.82. The van der Waals surface area contributed by atoms with E-state index in [1.807, 2.05) is 17.5 Å². The molecule has 0 spiro atoms. The van der Waals surface area contributed by atoms with Gasteiger partial charge in [0, 0.05) is 44.2 Å². The summed E-state index contributed by atoms with van der Waals surface area (Å²) >= 11 is 1.90. The number of nitrogens with zero attached hydrogens (tertiary/aromatic N) is 2. The summed E-state index contributed by atoms with van der Waals surface area (Å²) in [5.74, 6) is 0.618. The van der Waals surface area contributed by atoms with Gasteiger partial charge in [0.15, 0.2) is 0 Å². The van der Waals surface area contributed by atoms with Gasteiger partial charge < -0.3 is 0 Å². The minimum Gasteiger partial charge on any atom is -0.260 e. The van der Waals surface area contributed by atoms with Crippen LogP contribution in [0.5, 0.6) is 0 Å². The summed E-state index contributed by atoms with van der Waals surface area (Å²) in [7, 11) is 0. The third-order valence-electron chi connectivity index (χ3n) is 7.45. The fraction of sp³-hybridized carbons (Fsp3) is 0.176. The SMILES string of the molecule is CC(C)Cc1cnc2c(c1)-c1sc3ccnc(-c4cc(-c5ccccc5)c5ccccc5c4)c3c1CC2. The van der Waals surface area contributed by atoms with E-state index in [2.05, 4.69) is 98.9 Å². The molecule has 0 aliphatic heterocycles. The van der Waals surface area contributed by atoms with Crippen LogP contribution in [-0.4, -0.2) is 9.97 Å². The van der Waals surface area contributed by atoms with Gasteiger partial charge in [0.2, 0.25) is 0 Å². The number of aromatic nitrogens is 2. The number of rotatable bonds is 4. The molecule has 0 atom stereocenters. The lowest BCUT2D eigenvalue weighted by molar-refractivity contribution is 0.645. The Bertz CT molecular complexity index is 1780. The summed E-state index contributed by atoms with van der Waals surface area (Å²) < 4.78 is 1.31. The van der Waals surface area contributed by atoms with Crippen molar-refractivity contribution in [3.8, 4) is 32.8 Å². The second-order valence-corrected chi connectivity index (χ2v) is 11.5. The maximum Gasteiger partial charge on any atom is 0.0792 e. The topological polar surface area (TPSA) is 25.8 Å². The molecule has 1 aliphatic carbocycles. The van der Waals surface area contributed by atoms with E-state index < -0.39 is 0 Å². The van der Waals surface area contributed by atoms with Crippen LogP contribution in [0.25, 0.3) is 53.7 Å². The van der Waals surface area contributed by atoms with Crippen molar-refractivity contribution in [1.29, 1.82) is 0 Å². The lowest BCUT2D eigenvalue weighted by Gasteiger charge is -2.18. The minimum atomic E-state index is 0.618. The molecule has 6 aromatic rings. The lowest BCUT2D eigenvalue weighted by Crippen LogP contribution is -2.06. The zero-order valence-corrected chi connectivity index (χ0v) is 22.0. The van der Waals surface area contributed by atoms with E-state index in [0.717, 1.165) is 25.0 Å². The molecule has 0 radical (unpaired) electrons. The molecule has 0 N–H and O–H groups in total. The van der Waals surface area contributed by atoms with Gasteiger partial charge >= 0.3 is 0 Å². The van der Waals surface area contributed by atoms with Gasteiger partial charge in [0.05, 0.1) is 5.69 Å². The Morgan fingerprint density at radius 3 is 2.51 bits per heavy atom. The van der Waals surface area contributed by atoms with Crippen molar-refractivity contribution in [1.82, 2.24) is 9.97 Å². The van der Waals surface area contributed by atoms with E-state index in [1.165, 1.54) is 64.8 Å². The predicted octanol–water partition coefficient (Wildman–Crippen LogP) is 9.14. The van der Waals surface area contributed by atoms with Crippen LogP contribution in [-0.2, 0) is 19.3 Å². The first kappa shape index (κ1) is 22.4. The van der Waals surface area contributed by atoms with Gasteiger partial charge in [-0.05, 0) is 82.5 Å². The van der Waals surface area contributed by atoms with Crippen molar-refractivity contribution < 1.29 is 0 Å². The molecule has 37 heavy (non-hydrogen) atoms. The van der Waals surface area contributed by atoms with Crippen molar-refractivity contribution in [2.45, 2.75) is 33.1 Å². The number of thiophene rings is 1. The number of hydrogen-bond donors (Lipinski definition) is 0. The third kappa shape index (κ3) is 3.86. The molecule has 3 heterocycles. The van der Waals surface area contributed by atoms with Gasteiger partial charge in [0.25, 0.3) is 0 Å². The molecule has 3 heteroatoms. The van der Waals surface area contributed by atoms with Crippen LogP contribution in [0.2, 0.25) is 0 Å². The first-order valence-electron chi connectivity index (χ1n) is 13.1. The normalized spacial score (nSPS) is 12.7. The Labute approximate surface area is 221 Å². The van der Waals surface area contributed by atoms with Crippen molar-refractivity contribution in [3.63, 3.8) is 0 Å². The minimum absolute atomic E-state index is 0.618. The van der Waals surface area contributed by atoms with Gasteiger partial charge in [0.1, 0.15) is 0 Å². The van der Waals surface area contributed by atoms with Crippen molar-refractivity contribution >= 4 is 32.2 Å². The summed E-state index contributed by atoms with van der Waals surface area (Å²) in [6.07, 6.45) is 7.12. The van der Waals surface area contributed by atoms with Crippen LogP contribution in [0.4, 0.5) is 0 Å². The van der Waals surface area contributed by atoms with Crippen molar-refractivity contribution in [2.75, 3.05) is 0 Å². The first-order valence-corrected chi connectivity index (χ1v) is 13.9. The Kier molecular flexibility index (Phi) is 5.40. The molecule has 2 nitrogen and oxygen atoms in total. The fourth-order valence-electron chi connectivity index (χ4n) is 5.84. The Morgan fingerprint density at radius 1 is 0.811 bits per heavy atom. The molecule has 0 bridgehead atoms. The van der Waals surface area contributed by atoms with Crippen LogP contribution in [0.1, 0.15) is 30.7 Å². The highest BCUT2D eigenvalue weighted by molar-refractivity contribution is 7.22. The number of aryl methyl sites for hydroxylation is 2. The van der Waals surface area contributed by atoms with E-state index in [0.29, 0.717) is 5.92 Å². The van der Waals surface area contributed by atoms with Gasteiger partial charge in [-0.3, -0.25) is 9.97 Å². The van der Waals surface area contributed by atoms with Crippen LogP contribution in [0.15, 0.2) is 91.3 Å². The molecular weight excluding hydrogens is 468 g/mol. The molecule has 0 unspecified atom stereocenters. The van der Waals surface area contributed by atoms with E-state index >= 15 is 0 Å².